The molecule has 0 aromatic heterocycles. The number of aliphatic hydroxyl groups is 1. The molecule has 56 heavy (non-hydrogen) atoms. The molecular weight excluding hydrogens is 724 g/mol. The molecule has 2 radical (unpaired) electrons. The SMILES string of the molecule is [B]C(=O)N1C(c2ccccc2)[C@H](C(=O)O[C@H]2C[C@@]3(O)[C@@H](OC(=O)c4ccccc4)[C@H]4C(C(=O)[C@H](C)C(=C2C)C3(C)C)C(F)C[C@H]2OC[C@@]42OC(C)=O)OC1(C)C. The van der Waals surface area contributed by atoms with Crippen molar-refractivity contribution in [1.82, 2.24) is 4.90 Å². The first-order valence-corrected chi connectivity index (χ1v) is 19.0. The maximum absolute atomic E-state index is 16.6. The Hall–Kier alpha value is -4.40. The van der Waals surface area contributed by atoms with Crippen LogP contribution in [0.25, 0.3) is 0 Å². The molecule has 2 aromatic rings. The van der Waals surface area contributed by atoms with E-state index in [0.29, 0.717) is 16.7 Å². The van der Waals surface area contributed by atoms with Gasteiger partial charge in [0.05, 0.1) is 30.0 Å². The van der Waals surface area contributed by atoms with E-state index in [0.717, 1.165) is 0 Å². The number of ether oxygens (including phenoxy) is 5. The first kappa shape index (κ1) is 39.8. The Kier molecular flexibility index (Phi) is 9.89. The van der Waals surface area contributed by atoms with E-state index in [9.17, 15) is 29.1 Å². The number of fused-ring (bicyclic) bond motifs is 5. The minimum Gasteiger partial charge on any atom is -0.456 e. The van der Waals surface area contributed by atoms with Gasteiger partial charge in [-0.25, -0.2) is 14.0 Å². The Balaban J connectivity index is 1.37. The van der Waals surface area contributed by atoms with Crippen LogP contribution < -0.4 is 0 Å². The number of ketones is 1. The second kappa shape index (κ2) is 13.9. The highest BCUT2D eigenvalue weighted by atomic mass is 19.1. The Morgan fingerprint density at radius 2 is 1.61 bits per heavy atom. The van der Waals surface area contributed by atoms with Crippen molar-refractivity contribution in [2.24, 2.45) is 23.2 Å². The van der Waals surface area contributed by atoms with Crippen LogP contribution in [0.2, 0.25) is 0 Å². The molecule has 2 aromatic carbocycles. The van der Waals surface area contributed by atoms with Crippen LogP contribution in [0.1, 0.15) is 83.3 Å². The van der Waals surface area contributed by atoms with Crippen LogP contribution in [-0.2, 0) is 38.1 Å². The molecule has 2 heterocycles. The summed E-state index contributed by atoms with van der Waals surface area (Å²) in [5, 5.41) is 13.5. The van der Waals surface area contributed by atoms with E-state index >= 15 is 4.39 Å². The zero-order valence-electron chi connectivity index (χ0n) is 32.5. The largest absolute Gasteiger partial charge is 0.456 e. The average molecular weight is 772 g/mol. The van der Waals surface area contributed by atoms with Gasteiger partial charge < -0.3 is 33.7 Å². The second-order valence-corrected chi connectivity index (χ2v) is 16.8. The van der Waals surface area contributed by atoms with Crippen molar-refractivity contribution in [2.75, 3.05) is 6.61 Å². The number of hydrogen-bond acceptors (Lipinski definition) is 11. The molecule has 12 nitrogen and oxygen atoms in total. The van der Waals surface area contributed by atoms with Crippen molar-refractivity contribution in [3.05, 3.63) is 82.9 Å². The lowest BCUT2D eigenvalue weighted by Gasteiger charge is -2.64. The van der Waals surface area contributed by atoms with Gasteiger partial charge in [-0.05, 0) is 49.6 Å². The van der Waals surface area contributed by atoms with E-state index in [1.165, 1.54) is 24.0 Å². The van der Waals surface area contributed by atoms with E-state index in [4.69, 9.17) is 31.5 Å². The highest BCUT2D eigenvalue weighted by Crippen LogP contribution is 2.62. The van der Waals surface area contributed by atoms with Gasteiger partial charge in [-0.3, -0.25) is 14.4 Å². The fourth-order valence-corrected chi connectivity index (χ4v) is 10.4. The van der Waals surface area contributed by atoms with Gasteiger partial charge in [0.25, 0.3) is 0 Å². The molecule has 5 aliphatic rings. The summed E-state index contributed by atoms with van der Waals surface area (Å²) < 4.78 is 47.2. The molecule has 4 fully saturated rings. The number of amides is 1. The molecule has 7 rings (SSSR count). The molecule has 2 saturated carbocycles. The summed E-state index contributed by atoms with van der Waals surface area (Å²) in [6.07, 6.45) is -7.70. The van der Waals surface area contributed by atoms with Crippen LogP contribution in [0.5, 0.6) is 0 Å². The lowest BCUT2D eigenvalue weighted by Crippen LogP contribution is -2.78. The second-order valence-electron chi connectivity index (χ2n) is 16.8. The number of nitrogens with zero attached hydrogens (tertiary/aromatic N) is 1. The van der Waals surface area contributed by atoms with Gasteiger partial charge in [-0.2, -0.15) is 0 Å². The van der Waals surface area contributed by atoms with Crippen molar-refractivity contribution >= 4 is 37.3 Å². The number of alkyl halides is 1. The number of carbonyl (C=O) groups is 5. The zero-order valence-corrected chi connectivity index (χ0v) is 32.5. The average Bonchev–Trinajstić information content (AvgIpc) is 3.43. The van der Waals surface area contributed by atoms with E-state index in [1.54, 1.807) is 90.1 Å². The number of Topliss-reactive ketones (excluding diaryl/α,β-unsaturated/α-hetero) is 1. The summed E-state index contributed by atoms with van der Waals surface area (Å²) >= 11 is 0. The maximum Gasteiger partial charge on any atom is 0.338 e. The van der Waals surface area contributed by atoms with Crippen molar-refractivity contribution in [1.29, 1.82) is 0 Å². The third kappa shape index (κ3) is 6.01. The zero-order chi connectivity index (χ0) is 40.7. The highest BCUT2D eigenvalue weighted by molar-refractivity contribution is 6.57. The number of carbonyl (C=O) groups excluding carboxylic acids is 5. The van der Waals surface area contributed by atoms with Gasteiger partial charge >= 0.3 is 17.9 Å². The third-order valence-electron chi connectivity index (χ3n) is 13.0. The molecule has 3 unspecified atom stereocenters. The van der Waals surface area contributed by atoms with Crippen LogP contribution in [0, 0.1) is 23.2 Å². The topological polar surface area (TPSA) is 155 Å². The molecule has 2 bridgehead atoms. The monoisotopic (exact) mass is 771 g/mol. The summed E-state index contributed by atoms with van der Waals surface area (Å²) in [7, 11) is 5.84. The molecule has 3 aliphatic carbocycles. The lowest BCUT2D eigenvalue weighted by molar-refractivity contribution is -0.328. The Morgan fingerprint density at radius 3 is 2.18 bits per heavy atom. The molecule has 2 saturated heterocycles. The van der Waals surface area contributed by atoms with E-state index in [-0.39, 0.29) is 25.0 Å². The molecule has 296 valence electrons. The molecule has 1 amide bonds. The predicted octanol–water partition coefficient (Wildman–Crippen LogP) is 4.96. The fraction of sp³-hybridized carbons (Fsp3) is 0.548. The number of halogens is 1. The highest BCUT2D eigenvalue weighted by Gasteiger charge is 2.74. The Bertz CT molecular complexity index is 1970. The van der Waals surface area contributed by atoms with Crippen molar-refractivity contribution in [2.45, 2.75) is 115 Å². The van der Waals surface area contributed by atoms with E-state index < -0.39 is 106 Å². The summed E-state index contributed by atoms with van der Waals surface area (Å²) in [6.45, 7) is 10.9. The van der Waals surface area contributed by atoms with Crippen LogP contribution in [-0.4, -0.2) is 101 Å². The van der Waals surface area contributed by atoms with Crippen molar-refractivity contribution in [3.8, 4) is 0 Å². The number of hydrogen-bond donors (Lipinski definition) is 1. The summed E-state index contributed by atoms with van der Waals surface area (Å²) in [5.41, 5.74) is -4.98. The molecule has 2 aliphatic heterocycles. The summed E-state index contributed by atoms with van der Waals surface area (Å²) in [5.74, 6) is -7.72. The third-order valence-corrected chi connectivity index (χ3v) is 13.0. The normalized spacial score (nSPS) is 36.8. The summed E-state index contributed by atoms with van der Waals surface area (Å²) in [4.78, 5) is 70.3. The van der Waals surface area contributed by atoms with Crippen LogP contribution in [0.4, 0.5) is 9.18 Å². The molecular formula is C42H47BFNO11. The quantitative estimate of drug-likeness (QED) is 0.183. The first-order chi connectivity index (χ1) is 26.3. The van der Waals surface area contributed by atoms with Gasteiger partial charge in [0.2, 0.25) is 7.85 Å². The number of esters is 3. The Labute approximate surface area is 326 Å². The molecule has 0 spiro atoms. The lowest BCUT2D eigenvalue weighted by atomic mass is 9.48. The van der Waals surface area contributed by atoms with Gasteiger partial charge in [0.15, 0.2) is 17.5 Å². The minimum atomic E-state index is -2.17. The minimum absolute atomic E-state index is 0.125. The smallest absolute Gasteiger partial charge is 0.338 e. The predicted molar refractivity (Wildman–Crippen MR) is 198 cm³/mol. The van der Waals surface area contributed by atoms with Crippen molar-refractivity contribution in [3.63, 3.8) is 0 Å². The van der Waals surface area contributed by atoms with Crippen LogP contribution in [0.3, 0.4) is 0 Å². The van der Waals surface area contributed by atoms with Crippen LogP contribution in [0.15, 0.2) is 71.8 Å². The summed E-state index contributed by atoms with van der Waals surface area (Å²) in [6, 6.07) is 15.8. The fourth-order valence-electron chi connectivity index (χ4n) is 10.4. The van der Waals surface area contributed by atoms with Gasteiger partial charge in [-0.15, -0.1) is 0 Å². The van der Waals surface area contributed by atoms with E-state index in [1.807, 2.05) is 0 Å². The van der Waals surface area contributed by atoms with Crippen LogP contribution >= 0.6 is 0 Å². The van der Waals surface area contributed by atoms with Gasteiger partial charge in [-0.1, -0.05) is 69.3 Å². The standard InChI is InChI=1S/C42H47BFNO11/c1-21-27(53-37(49)34-32(24-14-10-8-11-15-24)45(38(43)50)40(6,7)56-34)19-42(51)35(54-36(48)25-16-12-9-13-17-25)31-29(33(47)22(2)30(21)39(42,4)5)26(44)18-28-41(31,20-52-28)55-23(3)46/h8-17,22,26-29,31-32,34-35,51H,18-20H2,1-7H3/t22-,26?,27+,28-,29?,31-,32?,34-,35+,41+,42-/m1/s1. The maximum atomic E-state index is 16.6. The molecule has 1 N–H and O–H groups in total. The van der Waals surface area contributed by atoms with Crippen molar-refractivity contribution < 1.29 is 57.2 Å². The Morgan fingerprint density at radius 1 is 0.982 bits per heavy atom. The van der Waals surface area contributed by atoms with Gasteiger partial charge in [0.1, 0.15) is 41.6 Å². The van der Waals surface area contributed by atoms with Gasteiger partial charge in [0, 0.05) is 31.1 Å². The number of rotatable bonds is 6. The molecule has 11 atom stereocenters. The molecule has 14 heteroatoms. The first-order valence-electron chi connectivity index (χ1n) is 19.0. The van der Waals surface area contributed by atoms with E-state index in [2.05, 4.69) is 0 Å². The number of benzene rings is 2.